The average Bonchev–Trinajstić information content (AvgIpc) is 2.10. The number of fused-ring (bicyclic) bond motifs is 12. The molecule has 72 valence electrons. The van der Waals surface area contributed by atoms with Gasteiger partial charge in [0.1, 0.15) is 0 Å². The molecule has 0 spiro atoms. The number of allylic oxidation sites excluding steroid dienone is 2. The fourth-order valence-corrected chi connectivity index (χ4v) is 6.65. The van der Waals surface area contributed by atoms with Crippen LogP contribution in [-0.2, 0) is 0 Å². The average molecular weight is 184 g/mol. The van der Waals surface area contributed by atoms with Gasteiger partial charge in [-0.05, 0) is 73.0 Å². The van der Waals surface area contributed by atoms with Crippen LogP contribution in [0.3, 0.4) is 0 Å². The highest BCUT2D eigenvalue weighted by molar-refractivity contribution is 5.49. The molecule has 8 atom stereocenters. The highest BCUT2D eigenvalue weighted by Gasteiger charge is 2.80. The standard InChI is InChI=1S/C14H16/c1-2-6-5(1)9-10(6)14-12-8-4-3-7(8)11(12)13(9)14/h5-6,9-14H,1-4H2. The SMILES string of the molecule is C1CC2=C1C1C2C2C3C4CCC4C3C12. The van der Waals surface area contributed by atoms with Crippen molar-refractivity contribution < 1.29 is 0 Å². The van der Waals surface area contributed by atoms with Gasteiger partial charge in [-0.25, -0.2) is 0 Å². The van der Waals surface area contributed by atoms with Crippen molar-refractivity contribution in [2.24, 2.45) is 47.3 Å². The van der Waals surface area contributed by atoms with E-state index in [1.807, 2.05) is 11.1 Å². The summed E-state index contributed by atoms with van der Waals surface area (Å²) in [7, 11) is 0. The van der Waals surface area contributed by atoms with Crippen molar-refractivity contribution in [1.29, 1.82) is 0 Å². The smallest absolute Gasteiger partial charge is 0.00975 e. The molecule has 0 aromatic carbocycles. The molecule has 6 rings (SSSR count). The van der Waals surface area contributed by atoms with Crippen molar-refractivity contribution in [1.82, 2.24) is 0 Å². The molecule has 0 heterocycles. The summed E-state index contributed by atoms with van der Waals surface area (Å²) in [5, 5.41) is 0. The van der Waals surface area contributed by atoms with Gasteiger partial charge in [-0.3, -0.25) is 0 Å². The van der Waals surface area contributed by atoms with E-state index < -0.39 is 0 Å². The van der Waals surface area contributed by atoms with E-state index in [2.05, 4.69) is 0 Å². The molecule has 0 bridgehead atoms. The summed E-state index contributed by atoms with van der Waals surface area (Å²) in [6.45, 7) is 0. The van der Waals surface area contributed by atoms with Crippen molar-refractivity contribution in [2.45, 2.75) is 25.7 Å². The quantitative estimate of drug-likeness (QED) is 0.401. The molecule has 0 radical (unpaired) electrons. The lowest BCUT2D eigenvalue weighted by Gasteiger charge is -2.85. The molecule has 14 heavy (non-hydrogen) atoms. The summed E-state index contributed by atoms with van der Waals surface area (Å²) in [5.74, 6) is 9.83. The van der Waals surface area contributed by atoms with E-state index in [1.54, 1.807) is 12.8 Å². The second-order valence-electron chi connectivity index (χ2n) is 6.82. The molecule has 8 unspecified atom stereocenters. The third-order valence-corrected chi connectivity index (χ3v) is 7.25. The minimum absolute atomic E-state index is 1.17. The van der Waals surface area contributed by atoms with E-state index in [1.165, 1.54) is 60.2 Å². The van der Waals surface area contributed by atoms with Crippen LogP contribution >= 0.6 is 0 Å². The Morgan fingerprint density at radius 1 is 0.643 bits per heavy atom. The summed E-state index contributed by atoms with van der Waals surface area (Å²) >= 11 is 0. The fourth-order valence-electron chi connectivity index (χ4n) is 6.65. The largest absolute Gasteiger partial charge is 0.0664 e. The Morgan fingerprint density at radius 2 is 1.14 bits per heavy atom. The summed E-state index contributed by atoms with van der Waals surface area (Å²) in [6, 6.07) is 0. The minimum atomic E-state index is 1.17. The van der Waals surface area contributed by atoms with Crippen molar-refractivity contribution in [3.05, 3.63) is 11.1 Å². The molecule has 0 amide bonds. The molecule has 0 aliphatic heterocycles. The number of hydrogen-bond donors (Lipinski definition) is 0. The molecular weight excluding hydrogens is 168 g/mol. The van der Waals surface area contributed by atoms with Crippen LogP contribution in [0.25, 0.3) is 0 Å². The van der Waals surface area contributed by atoms with Gasteiger partial charge >= 0.3 is 0 Å². The summed E-state index contributed by atoms with van der Waals surface area (Å²) < 4.78 is 0. The predicted molar refractivity (Wildman–Crippen MR) is 53.4 cm³/mol. The van der Waals surface area contributed by atoms with Crippen LogP contribution in [0, 0.1) is 47.3 Å². The third-order valence-electron chi connectivity index (χ3n) is 7.25. The lowest BCUT2D eigenvalue weighted by atomic mass is 9.19. The first kappa shape index (κ1) is 6.35. The molecule has 6 aliphatic carbocycles. The fraction of sp³-hybridized carbons (Fsp3) is 0.857. The van der Waals surface area contributed by atoms with Crippen molar-refractivity contribution in [3.8, 4) is 0 Å². The Bertz CT molecular complexity index is 366. The normalized spacial score (nSPS) is 73.7. The van der Waals surface area contributed by atoms with Crippen LogP contribution in [0.1, 0.15) is 25.7 Å². The van der Waals surface area contributed by atoms with Crippen LogP contribution in [0.15, 0.2) is 11.1 Å². The highest BCUT2D eigenvalue weighted by Crippen LogP contribution is 2.85. The Balaban J connectivity index is 1.45. The Kier molecular flexibility index (Phi) is 0.700. The molecule has 0 nitrogen and oxygen atoms in total. The monoisotopic (exact) mass is 184 g/mol. The molecular formula is C14H16. The summed E-state index contributed by atoms with van der Waals surface area (Å²) in [6.07, 6.45) is 6.23. The number of rotatable bonds is 0. The van der Waals surface area contributed by atoms with Gasteiger partial charge in [0.2, 0.25) is 0 Å². The van der Waals surface area contributed by atoms with Gasteiger partial charge in [0, 0.05) is 0 Å². The lowest BCUT2D eigenvalue weighted by molar-refractivity contribution is -0.335. The lowest BCUT2D eigenvalue weighted by Crippen LogP contribution is -2.80. The van der Waals surface area contributed by atoms with Gasteiger partial charge in [-0.1, -0.05) is 11.1 Å². The van der Waals surface area contributed by atoms with Gasteiger partial charge in [0.25, 0.3) is 0 Å². The topological polar surface area (TPSA) is 0 Å². The molecule has 0 aromatic heterocycles. The van der Waals surface area contributed by atoms with Crippen LogP contribution in [0.5, 0.6) is 0 Å². The highest BCUT2D eigenvalue weighted by atomic mass is 14.8. The van der Waals surface area contributed by atoms with Gasteiger partial charge in [-0.2, -0.15) is 0 Å². The van der Waals surface area contributed by atoms with Crippen LogP contribution in [0.4, 0.5) is 0 Å². The van der Waals surface area contributed by atoms with Crippen molar-refractivity contribution in [2.75, 3.05) is 0 Å². The number of hydrogen-bond acceptors (Lipinski definition) is 0. The third kappa shape index (κ3) is 0.355. The molecule has 4 fully saturated rings. The van der Waals surface area contributed by atoms with Crippen molar-refractivity contribution in [3.63, 3.8) is 0 Å². The maximum Gasteiger partial charge on any atom is -0.00975 e. The molecule has 4 saturated carbocycles. The van der Waals surface area contributed by atoms with Crippen LogP contribution in [-0.4, -0.2) is 0 Å². The minimum Gasteiger partial charge on any atom is -0.0664 e. The Labute approximate surface area is 84.8 Å². The summed E-state index contributed by atoms with van der Waals surface area (Å²) in [4.78, 5) is 0. The van der Waals surface area contributed by atoms with Crippen LogP contribution < -0.4 is 0 Å². The van der Waals surface area contributed by atoms with E-state index in [0.717, 1.165) is 0 Å². The zero-order valence-electron chi connectivity index (χ0n) is 8.45. The first-order valence-corrected chi connectivity index (χ1v) is 6.68. The van der Waals surface area contributed by atoms with Gasteiger partial charge in [-0.15, -0.1) is 0 Å². The second-order valence-corrected chi connectivity index (χ2v) is 6.82. The van der Waals surface area contributed by atoms with Gasteiger partial charge in [0.15, 0.2) is 0 Å². The zero-order valence-corrected chi connectivity index (χ0v) is 8.45. The van der Waals surface area contributed by atoms with Crippen molar-refractivity contribution >= 4 is 0 Å². The van der Waals surface area contributed by atoms with Crippen LogP contribution in [0.2, 0.25) is 0 Å². The molecule has 0 heteroatoms. The maximum absolute atomic E-state index is 1.97. The first-order valence-electron chi connectivity index (χ1n) is 6.68. The maximum atomic E-state index is 1.97. The molecule has 0 N–H and O–H groups in total. The van der Waals surface area contributed by atoms with Gasteiger partial charge < -0.3 is 0 Å². The van der Waals surface area contributed by atoms with Gasteiger partial charge in [0.05, 0.1) is 0 Å². The Hall–Kier alpha value is -0.260. The van der Waals surface area contributed by atoms with E-state index in [-0.39, 0.29) is 0 Å². The molecule has 0 saturated heterocycles. The molecule has 6 aliphatic rings. The second kappa shape index (κ2) is 1.54. The van der Waals surface area contributed by atoms with E-state index in [4.69, 9.17) is 0 Å². The van der Waals surface area contributed by atoms with E-state index in [9.17, 15) is 0 Å². The van der Waals surface area contributed by atoms with E-state index in [0.29, 0.717) is 0 Å². The molecule has 0 aromatic rings. The zero-order chi connectivity index (χ0) is 8.60. The first-order chi connectivity index (χ1) is 6.97. The summed E-state index contributed by atoms with van der Waals surface area (Å²) in [5.41, 5.74) is 3.94. The van der Waals surface area contributed by atoms with E-state index >= 15 is 0 Å². The Morgan fingerprint density at radius 3 is 1.50 bits per heavy atom. The predicted octanol–water partition coefficient (Wildman–Crippen LogP) is 2.85.